The first-order chi connectivity index (χ1) is 13.4. The van der Waals surface area contributed by atoms with Crippen molar-refractivity contribution in [1.29, 1.82) is 0 Å². The van der Waals surface area contributed by atoms with Crippen LogP contribution in [0.3, 0.4) is 0 Å². The number of nitrogens with zero attached hydrogens (tertiary/aromatic N) is 2. The van der Waals surface area contributed by atoms with E-state index in [1.807, 2.05) is 12.1 Å². The predicted molar refractivity (Wildman–Crippen MR) is 111 cm³/mol. The molecule has 0 radical (unpaired) electrons. The molecule has 0 aromatic heterocycles. The Morgan fingerprint density at radius 3 is 2.18 bits per heavy atom. The van der Waals surface area contributed by atoms with Crippen molar-refractivity contribution in [2.45, 2.75) is 18.4 Å². The Bertz CT molecular complexity index is 906. The lowest BCUT2D eigenvalue weighted by molar-refractivity contribution is 0.0526. The van der Waals surface area contributed by atoms with Gasteiger partial charge in [0.25, 0.3) is 0 Å². The number of benzene rings is 2. The molecule has 28 heavy (non-hydrogen) atoms. The first-order valence-corrected chi connectivity index (χ1v) is 11.4. The Morgan fingerprint density at radius 1 is 1.00 bits per heavy atom. The number of ether oxygens (including phenoxy) is 1. The van der Waals surface area contributed by atoms with Gasteiger partial charge in [0.2, 0.25) is 10.0 Å². The largest absolute Gasteiger partial charge is 0.462 e. The molecule has 6 nitrogen and oxygen atoms in total. The molecule has 2 aromatic rings. The van der Waals surface area contributed by atoms with Crippen LogP contribution in [0, 0.1) is 0 Å². The van der Waals surface area contributed by atoms with Crippen LogP contribution in [0.5, 0.6) is 0 Å². The molecule has 0 N–H and O–H groups in total. The summed E-state index contributed by atoms with van der Waals surface area (Å²) in [7, 11) is -3.57. The van der Waals surface area contributed by atoms with Gasteiger partial charge in [-0.05, 0) is 48.9 Å². The van der Waals surface area contributed by atoms with E-state index in [0.717, 1.165) is 11.0 Å². The monoisotopic (exact) mass is 466 g/mol. The lowest BCUT2D eigenvalue weighted by atomic mass is 10.2. The van der Waals surface area contributed by atoms with Crippen molar-refractivity contribution < 1.29 is 17.9 Å². The molecule has 0 bridgehead atoms. The van der Waals surface area contributed by atoms with E-state index in [-0.39, 0.29) is 11.5 Å². The van der Waals surface area contributed by atoms with Gasteiger partial charge in [0.1, 0.15) is 0 Å². The molecular formula is C20H23BrN2O4S. The molecule has 2 aromatic carbocycles. The number of rotatable bonds is 6. The third-order valence-corrected chi connectivity index (χ3v) is 7.10. The van der Waals surface area contributed by atoms with Crippen LogP contribution in [-0.2, 0) is 21.3 Å². The highest BCUT2D eigenvalue weighted by molar-refractivity contribution is 9.10. The second-order valence-electron chi connectivity index (χ2n) is 6.55. The molecule has 8 heteroatoms. The van der Waals surface area contributed by atoms with E-state index in [4.69, 9.17) is 4.74 Å². The molecule has 1 aliphatic heterocycles. The zero-order valence-electron chi connectivity index (χ0n) is 15.7. The summed E-state index contributed by atoms with van der Waals surface area (Å²) in [6.07, 6.45) is 0. The van der Waals surface area contributed by atoms with Crippen LogP contribution in [-0.4, -0.2) is 56.4 Å². The molecule has 3 rings (SSSR count). The molecular weight excluding hydrogens is 444 g/mol. The molecule has 1 aliphatic rings. The summed E-state index contributed by atoms with van der Waals surface area (Å²) in [5.74, 6) is -0.451. The van der Waals surface area contributed by atoms with Crippen molar-refractivity contribution in [3.05, 3.63) is 64.1 Å². The number of halogens is 1. The van der Waals surface area contributed by atoms with Gasteiger partial charge in [-0.1, -0.05) is 28.1 Å². The van der Waals surface area contributed by atoms with Gasteiger partial charge in [-0.15, -0.1) is 0 Å². The first kappa shape index (κ1) is 21.0. The second kappa shape index (κ2) is 9.17. The molecule has 0 amide bonds. The van der Waals surface area contributed by atoms with Gasteiger partial charge in [-0.3, -0.25) is 4.90 Å². The number of esters is 1. The van der Waals surface area contributed by atoms with Crippen molar-refractivity contribution in [3.63, 3.8) is 0 Å². The molecule has 0 unspecified atom stereocenters. The van der Waals surface area contributed by atoms with E-state index < -0.39 is 16.0 Å². The Hall–Kier alpha value is -1.74. The van der Waals surface area contributed by atoms with Gasteiger partial charge in [-0.25, -0.2) is 13.2 Å². The Balaban J connectivity index is 1.61. The smallest absolute Gasteiger partial charge is 0.338 e. The molecule has 0 spiro atoms. The van der Waals surface area contributed by atoms with E-state index in [2.05, 4.69) is 33.0 Å². The Kier molecular flexibility index (Phi) is 6.87. The summed E-state index contributed by atoms with van der Waals surface area (Å²) >= 11 is 3.43. The van der Waals surface area contributed by atoms with Crippen LogP contribution in [0.2, 0.25) is 0 Å². The number of hydrogen-bond donors (Lipinski definition) is 0. The van der Waals surface area contributed by atoms with E-state index in [9.17, 15) is 13.2 Å². The van der Waals surface area contributed by atoms with E-state index in [1.165, 1.54) is 34.1 Å². The number of carbonyl (C=O) groups excluding carboxylic acids is 1. The molecule has 0 saturated carbocycles. The van der Waals surface area contributed by atoms with Crippen LogP contribution in [0.25, 0.3) is 0 Å². The van der Waals surface area contributed by atoms with Crippen LogP contribution < -0.4 is 0 Å². The fourth-order valence-electron chi connectivity index (χ4n) is 3.10. The predicted octanol–water partition coefficient (Wildman–Crippen LogP) is 3.13. The molecule has 1 fully saturated rings. The maximum absolute atomic E-state index is 12.9. The fraction of sp³-hybridized carbons (Fsp3) is 0.350. The van der Waals surface area contributed by atoms with Gasteiger partial charge >= 0.3 is 5.97 Å². The van der Waals surface area contributed by atoms with Crippen LogP contribution in [0.15, 0.2) is 57.9 Å². The highest BCUT2D eigenvalue weighted by Crippen LogP contribution is 2.20. The standard InChI is InChI=1S/C20H23BrN2O4S/c1-2-27-20(24)17-5-9-19(10-6-17)28(25,26)23-13-11-22(12-14-23)15-16-3-7-18(21)8-4-16/h3-10H,2,11-15H2,1H3. The van der Waals surface area contributed by atoms with Crippen molar-refractivity contribution >= 4 is 31.9 Å². The molecule has 150 valence electrons. The minimum Gasteiger partial charge on any atom is -0.462 e. The highest BCUT2D eigenvalue weighted by Gasteiger charge is 2.28. The summed E-state index contributed by atoms with van der Waals surface area (Å²) in [5.41, 5.74) is 1.55. The number of hydrogen-bond acceptors (Lipinski definition) is 5. The molecule has 0 aliphatic carbocycles. The Morgan fingerprint density at radius 2 is 1.61 bits per heavy atom. The second-order valence-corrected chi connectivity index (χ2v) is 9.41. The van der Waals surface area contributed by atoms with E-state index in [0.29, 0.717) is 31.7 Å². The fourth-order valence-corrected chi connectivity index (χ4v) is 4.79. The topological polar surface area (TPSA) is 66.9 Å². The quantitative estimate of drug-likeness (QED) is 0.611. The van der Waals surface area contributed by atoms with E-state index in [1.54, 1.807) is 6.92 Å². The maximum atomic E-state index is 12.9. The van der Waals surface area contributed by atoms with Gasteiger partial charge < -0.3 is 4.74 Å². The summed E-state index contributed by atoms with van der Waals surface area (Å²) in [4.78, 5) is 14.2. The summed E-state index contributed by atoms with van der Waals surface area (Å²) in [6, 6.07) is 14.1. The molecule has 1 heterocycles. The normalized spacial score (nSPS) is 16.1. The van der Waals surface area contributed by atoms with Crippen molar-refractivity contribution in [2.24, 2.45) is 0 Å². The number of piperazine rings is 1. The van der Waals surface area contributed by atoms with Crippen molar-refractivity contribution in [3.8, 4) is 0 Å². The minimum absolute atomic E-state index is 0.196. The zero-order chi connectivity index (χ0) is 20.1. The lowest BCUT2D eigenvalue weighted by Crippen LogP contribution is -2.48. The van der Waals surface area contributed by atoms with Gasteiger partial charge in [0.05, 0.1) is 17.1 Å². The van der Waals surface area contributed by atoms with Gasteiger partial charge in [0.15, 0.2) is 0 Å². The van der Waals surface area contributed by atoms with E-state index >= 15 is 0 Å². The third kappa shape index (κ3) is 5.00. The molecule has 0 atom stereocenters. The maximum Gasteiger partial charge on any atom is 0.338 e. The zero-order valence-corrected chi connectivity index (χ0v) is 18.1. The summed E-state index contributed by atoms with van der Waals surface area (Å²) < 4.78 is 33.2. The Labute approximate surface area is 174 Å². The minimum atomic E-state index is -3.57. The van der Waals surface area contributed by atoms with Crippen molar-refractivity contribution in [2.75, 3.05) is 32.8 Å². The lowest BCUT2D eigenvalue weighted by Gasteiger charge is -2.34. The average molecular weight is 467 g/mol. The number of carbonyl (C=O) groups is 1. The van der Waals surface area contributed by atoms with Gasteiger partial charge in [-0.2, -0.15) is 4.31 Å². The summed E-state index contributed by atoms with van der Waals surface area (Å²) in [6.45, 7) is 5.05. The summed E-state index contributed by atoms with van der Waals surface area (Å²) in [5, 5.41) is 0. The van der Waals surface area contributed by atoms with Crippen LogP contribution in [0.4, 0.5) is 0 Å². The first-order valence-electron chi connectivity index (χ1n) is 9.14. The van der Waals surface area contributed by atoms with Gasteiger partial charge in [0, 0.05) is 37.2 Å². The SMILES string of the molecule is CCOC(=O)c1ccc(S(=O)(=O)N2CCN(Cc3ccc(Br)cc3)CC2)cc1. The van der Waals surface area contributed by atoms with Crippen LogP contribution >= 0.6 is 15.9 Å². The third-order valence-electron chi connectivity index (χ3n) is 4.65. The van der Waals surface area contributed by atoms with Crippen molar-refractivity contribution in [1.82, 2.24) is 9.21 Å². The highest BCUT2D eigenvalue weighted by atomic mass is 79.9. The number of sulfonamides is 1. The average Bonchev–Trinajstić information content (AvgIpc) is 2.70. The molecule has 1 saturated heterocycles. The van der Waals surface area contributed by atoms with Crippen LogP contribution in [0.1, 0.15) is 22.8 Å².